The average molecular weight is 247 g/mol. The molecule has 1 saturated heterocycles. The largest absolute Gasteiger partial charge is 0.369 e. The topological polar surface area (TPSA) is 28.2 Å². The van der Waals surface area contributed by atoms with Gasteiger partial charge in [-0.2, -0.15) is 0 Å². The third-order valence-corrected chi connectivity index (χ3v) is 3.56. The molecule has 1 fully saturated rings. The van der Waals surface area contributed by atoms with Gasteiger partial charge in [0, 0.05) is 19.3 Å². The van der Waals surface area contributed by atoms with Gasteiger partial charge in [-0.05, 0) is 43.0 Å². The molecular weight excluding hydrogens is 222 g/mol. The van der Waals surface area contributed by atoms with Crippen molar-refractivity contribution in [1.29, 1.82) is 0 Å². The number of aromatic nitrogens is 1. The van der Waals surface area contributed by atoms with E-state index in [2.05, 4.69) is 48.1 Å². The zero-order chi connectivity index (χ0) is 13.0. The molecule has 100 valence electrons. The summed E-state index contributed by atoms with van der Waals surface area (Å²) >= 11 is 0. The third-order valence-electron chi connectivity index (χ3n) is 3.56. The molecule has 0 saturated carbocycles. The normalized spacial score (nSPS) is 17.1. The molecule has 0 aromatic carbocycles. The molecule has 1 aliphatic heterocycles. The van der Waals surface area contributed by atoms with Gasteiger partial charge in [-0.25, -0.2) is 4.98 Å². The SMILES string of the molecule is CC(C)(C)c1ccc(NCCN2CCCC2)nc1. The van der Waals surface area contributed by atoms with Crippen LogP contribution in [0.5, 0.6) is 0 Å². The highest BCUT2D eigenvalue weighted by Crippen LogP contribution is 2.21. The summed E-state index contributed by atoms with van der Waals surface area (Å²) in [5.41, 5.74) is 1.47. The Labute approximate surface area is 111 Å². The molecule has 3 heteroatoms. The van der Waals surface area contributed by atoms with Crippen molar-refractivity contribution in [1.82, 2.24) is 9.88 Å². The van der Waals surface area contributed by atoms with E-state index in [9.17, 15) is 0 Å². The molecule has 18 heavy (non-hydrogen) atoms. The Morgan fingerprint density at radius 3 is 2.50 bits per heavy atom. The fourth-order valence-corrected chi connectivity index (χ4v) is 2.29. The number of nitrogens with zero attached hydrogens (tertiary/aromatic N) is 2. The maximum Gasteiger partial charge on any atom is 0.125 e. The van der Waals surface area contributed by atoms with Crippen molar-refractivity contribution in [3.05, 3.63) is 23.9 Å². The first-order chi connectivity index (χ1) is 8.55. The van der Waals surface area contributed by atoms with Crippen molar-refractivity contribution in [2.45, 2.75) is 39.0 Å². The predicted molar refractivity (Wildman–Crippen MR) is 77.1 cm³/mol. The monoisotopic (exact) mass is 247 g/mol. The Balaban J connectivity index is 1.79. The summed E-state index contributed by atoms with van der Waals surface area (Å²) < 4.78 is 0. The van der Waals surface area contributed by atoms with Crippen molar-refractivity contribution >= 4 is 5.82 Å². The molecule has 0 spiro atoms. The van der Waals surface area contributed by atoms with Gasteiger partial charge in [0.25, 0.3) is 0 Å². The molecule has 1 aromatic rings. The van der Waals surface area contributed by atoms with Crippen molar-refractivity contribution < 1.29 is 0 Å². The number of likely N-dealkylation sites (tertiary alicyclic amines) is 1. The van der Waals surface area contributed by atoms with Gasteiger partial charge in [-0.3, -0.25) is 0 Å². The molecule has 0 bridgehead atoms. The molecule has 1 aliphatic rings. The van der Waals surface area contributed by atoms with Crippen LogP contribution in [0.3, 0.4) is 0 Å². The number of nitrogens with one attached hydrogen (secondary N) is 1. The Bertz CT molecular complexity index is 358. The Kier molecular flexibility index (Phi) is 4.23. The van der Waals surface area contributed by atoms with Gasteiger partial charge in [0.05, 0.1) is 0 Å². The van der Waals surface area contributed by atoms with E-state index in [0.29, 0.717) is 0 Å². The van der Waals surface area contributed by atoms with Crippen LogP contribution in [0.25, 0.3) is 0 Å². The Hall–Kier alpha value is -1.09. The summed E-state index contributed by atoms with van der Waals surface area (Å²) in [7, 11) is 0. The lowest BCUT2D eigenvalue weighted by atomic mass is 9.88. The van der Waals surface area contributed by atoms with E-state index >= 15 is 0 Å². The number of pyridine rings is 1. The first kappa shape index (κ1) is 13.3. The summed E-state index contributed by atoms with van der Waals surface area (Å²) in [5.74, 6) is 0.988. The highest BCUT2D eigenvalue weighted by Gasteiger charge is 2.13. The van der Waals surface area contributed by atoms with E-state index < -0.39 is 0 Å². The van der Waals surface area contributed by atoms with E-state index in [4.69, 9.17) is 0 Å². The molecule has 3 nitrogen and oxygen atoms in total. The van der Waals surface area contributed by atoms with E-state index in [-0.39, 0.29) is 5.41 Å². The van der Waals surface area contributed by atoms with Crippen molar-refractivity contribution in [2.24, 2.45) is 0 Å². The van der Waals surface area contributed by atoms with Crippen LogP contribution in [0.1, 0.15) is 39.2 Å². The summed E-state index contributed by atoms with van der Waals surface area (Å²) in [6, 6.07) is 4.26. The van der Waals surface area contributed by atoms with Gasteiger partial charge in [0.15, 0.2) is 0 Å². The van der Waals surface area contributed by atoms with Gasteiger partial charge < -0.3 is 10.2 Å². The van der Waals surface area contributed by atoms with Gasteiger partial charge >= 0.3 is 0 Å². The minimum Gasteiger partial charge on any atom is -0.369 e. The number of anilines is 1. The standard InChI is InChI=1S/C15H25N3/c1-15(2,3)13-6-7-14(17-12-13)16-8-11-18-9-4-5-10-18/h6-7,12H,4-5,8-11H2,1-3H3,(H,16,17). The van der Waals surface area contributed by atoms with Crippen LogP contribution >= 0.6 is 0 Å². The lowest BCUT2D eigenvalue weighted by Crippen LogP contribution is -2.26. The van der Waals surface area contributed by atoms with Gasteiger partial charge in [-0.15, -0.1) is 0 Å². The van der Waals surface area contributed by atoms with Gasteiger partial charge in [0.2, 0.25) is 0 Å². The number of hydrogen-bond acceptors (Lipinski definition) is 3. The molecular formula is C15H25N3. The molecule has 0 radical (unpaired) electrons. The van der Waals surface area contributed by atoms with Crippen LogP contribution in [-0.4, -0.2) is 36.1 Å². The maximum absolute atomic E-state index is 4.48. The molecule has 0 unspecified atom stereocenters. The molecule has 0 amide bonds. The summed E-state index contributed by atoms with van der Waals surface area (Å²) in [4.78, 5) is 6.99. The number of hydrogen-bond donors (Lipinski definition) is 1. The zero-order valence-electron chi connectivity index (χ0n) is 11.9. The molecule has 0 atom stereocenters. The second-order valence-corrected chi connectivity index (χ2v) is 6.16. The summed E-state index contributed by atoms with van der Waals surface area (Å²) in [6.45, 7) is 11.3. The van der Waals surface area contributed by atoms with Gasteiger partial charge in [0.1, 0.15) is 5.82 Å². The molecule has 2 heterocycles. The van der Waals surface area contributed by atoms with Crippen LogP contribution in [-0.2, 0) is 5.41 Å². The molecule has 1 N–H and O–H groups in total. The van der Waals surface area contributed by atoms with Gasteiger partial charge in [-0.1, -0.05) is 26.8 Å². The predicted octanol–water partition coefficient (Wildman–Crippen LogP) is 2.89. The van der Waals surface area contributed by atoms with Crippen LogP contribution in [0.2, 0.25) is 0 Å². The highest BCUT2D eigenvalue weighted by atomic mass is 15.2. The quantitative estimate of drug-likeness (QED) is 0.886. The van der Waals surface area contributed by atoms with Crippen molar-refractivity contribution in [3.8, 4) is 0 Å². The van der Waals surface area contributed by atoms with E-state index in [1.54, 1.807) is 0 Å². The number of rotatable bonds is 4. The minimum atomic E-state index is 0.182. The minimum absolute atomic E-state index is 0.182. The first-order valence-electron chi connectivity index (χ1n) is 6.98. The summed E-state index contributed by atoms with van der Waals surface area (Å²) in [6.07, 6.45) is 4.70. The maximum atomic E-state index is 4.48. The first-order valence-corrected chi connectivity index (χ1v) is 6.98. The lowest BCUT2D eigenvalue weighted by molar-refractivity contribution is 0.352. The lowest BCUT2D eigenvalue weighted by Gasteiger charge is -2.19. The Morgan fingerprint density at radius 2 is 1.94 bits per heavy atom. The molecule has 0 aliphatic carbocycles. The van der Waals surface area contributed by atoms with Crippen molar-refractivity contribution in [2.75, 3.05) is 31.5 Å². The van der Waals surface area contributed by atoms with Crippen molar-refractivity contribution in [3.63, 3.8) is 0 Å². The highest BCUT2D eigenvalue weighted by molar-refractivity contribution is 5.37. The third kappa shape index (κ3) is 3.70. The molecule has 1 aromatic heterocycles. The van der Waals surface area contributed by atoms with E-state index in [1.807, 2.05) is 6.20 Å². The van der Waals surface area contributed by atoms with Crippen LogP contribution < -0.4 is 5.32 Å². The van der Waals surface area contributed by atoms with E-state index in [1.165, 1.54) is 31.5 Å². The van der Waals surface area contributed by atoms with Crippen LogP contribution in [0, 0.1) is 0 Å². The van der Waals surface area contributed by atoms with Crippen LogP contribution in [0.4, 0.5) is 5.82 Å². The second-order valence-electron chi connectivity index (χ2n) is 6.16. The Morgan fingerprint density at radius 1 is 1.22 bits per heavy atom. The smallest absolute Gasteiger partial charge is 0.125 e. The zero-order valence-corrected chi connectivity index (χ0v) is 11.9. The average Bonchev–Trinajstić information content (AvgIpc) is 2.82. The summed E-state index contributed by atoms with van der Waals surface area (Å²) in [5, 5.41) is 3.40. The fourth-order valence-electron chi connectivity index (χ4n) is 2.29. The van der Waals surface area contributed by atoms with E-state index in [0.717, 1.165) is 18.9 Å². The molecule has 2 rings (SSSR count). The van der Waals surface area contributed by atoms with Crippen LogP contribution in [0.15, 0.2) is 18.3 Å². The fraction of sp³-hybridized carbons (Fsp3) is 0.667. The second kappa shape index (κ2) is 5.70.